The molecule has 0 spiro atoms. The Balaban J connectivity index is 2.46. The van der Waals surface area contributed by atoms with Gasteiger partial charge in [0.05, 0.1) is 0 Å². The number of nitrogens with one attached hydrogen (secondary N) is 1. The van der Waals surface area contributed by atoms with Crippen molar-refractivity contribution in [2.24, 2.45) is 0 Å². The Morgan fingerprint density at radius 3 is 2.79 bits per heavy atom. The molecule has 0 unspecified atom stereocenters. The first kappa shape index (κ1) is 11.1. The number of benzene rings is 1. The summed E-state index contributed by atoms with van der Waals surface area (Å²) in [6, 6.07) is 6.16. The smallest absolute Gasteiger partial charge is 0.122 e. The minimum atomic E-state index is 0.734. The van der Waals surface area contributed by atoms with E-state index >= 15 is 0 Å². The van der Waals surface area contributed by atoms with Crippen LogP contribution in [0.3, 0.4) is 0 Å². The van der Waals surface area contributed by atoms with Gasteiger partial charge in [-0.3, -0.25) is 0 Å². The van der Waals surface area contributed by atoms with Gasteiger partial charge in [-0.05, 0) is 37.6 Å². The molecule has 1 aromatic rings. The number of ether oxygens (including phenoxy) is 1. The van der Waals surface area contributed by atoms with Crippen LogP contribution in [-0.4, -0.2) is 19.7 Å². The number of hydrogen-bond acceptors (Lipinski definition) is 2. The van der Waals surface area contributed by atoms with Gasteiger partial charge in [-0.1, -0.05) is 19.1 Å². The minimum Gasteiger partial charge on any atom is -0.492 e. The van der Waals surface area contributed by atoms with Gasteiger partial charge in [0.25, 0.3) is 0 Å². The number of hydrogen-bond donors (Lipinski definition) is 1. The van der Waals surface area contributed by atoms with Gasteiger partial charge in [0, 0.05) is 6.54 Å². The Morgan fingerprint density at radius 1 is 1.29 bits per heavy atom. The van der Waals surface area contributed by atoms with Gasteiger partial charge in [0.15, 0.2) is 0 Å². The van der Waals surface area contributed by atoms with Crippen molar-refractivity contribution in [2.75, 3.05) is 19.7 Å². The summed E-state index contributed by atoms with van der Waals surface area (Å²) in [4.78, 5) is 0. The molecule has 0 aromatic heterocycles. The second kappa shape index (κ2) is 5.66. The summed E-state index contributed by atoms with van der Waals surface area (Å²) in [7, 11) is 0. The fraction of sp³-hybridized carbons (Fsp3) is 0.500. The van der Waals surface area contributed by atoms with Crippen LogP contribution in [0.15, 0.2) is 18.2 Å². The topological polar surface area (TPSA) is 21.3 Å². The van der Waals surface area contributed by atoms with Crippen molar-refractivity contribution in [2.45, 2.75) is 20.8 Å². The van der Waals surface area contributed by atoms with Crippen LogP contribution in [0.4, 0.5) is 0 Å². The molecule has 0 atom stereocenters. The molecule has 0 aliphatic rings. The molecule has 0 saturated carbocycles. The first-order valence-corrected chi connectivity index (χ1v) is 5.15. The van der Waals surface area contributed by atoms with Crippen LogP contribution in [0.5, 0.6) is 5.75 Å². The van der Waals surface area contributed by atoms with Gasteiger partial charge >= 0.3 is 0 Å². The van der Waals surface area contributed by atoms with Crippen LogP contribution in [0.2, 0.25) is 0 Å². The monoisotopic (exact) mass is 193 g/mol. The normalized spacial score (nSPS) is 10.2. The molecule has 2 nitrogen and oxygen atoms in total. The molecule has 14 heavy (non-hydrogen) atoms. The van der Waals surface area contributed by atoms with Crippen molar-refractivity contribution in [1.29, 1.82) is 0 Å². The Labute approximate surface area is 86.3 Å². The Bertz CT molecular complexity index is 284. The van der Waals surface area contributed by atoms with Crippen molar-refractivity contribution >= 4 is 0 Å². The van der Waals surface area contributed by atoms with E-state index < -0.39 is 0 Å². The Kier molecular flexibility index (Phi) is 4.47. The van der Waals surface area contributed by atoms with E-state index in [1.54, 1.807) is 0 Å². The molecular weight excluding hydrogens is 174 g/mol. The highest BCUT2D eigenvalue weighted by Gasteiger charge is 2.00. The summed E-state index contributed by atoms with van der Waals surface area (Å²) in [5.41, 5.74) is 2.52. The Morgan fingerprint density at radius 2 is 2.07 bits per heavy atom. The second-order valence-electron chi connectivity index (χ2n) is 3.40. The van der Waals surface area contributed by atoms with Crippen LogP contribution >= 0.6 is 0 Å². The van der Waals surface area contributed by atoms with Gasteiger partial charge in [-0.15, -0.1) is 0 Å². The predicted octanol–water partition coefficient (Wildman–Crippen LogP) is 2.29. The Hall–Kier alpha value is -1.02. The molecule has 1 rings (SSSR count). The summed E-state index contributed by atoms with van der Waals surface area (Å²) in [6.07, 6.45) is 0. The standard InChI is InChI=1S/C12H19NO/c1-4-13-8-9-14-12-7-5-6-10(2)11(12)3/h5-7,13H,4,8-9H2,1-3H3. The van der Waals surface area contributed by atoms with E-state index in [2.05, 4.69) is 32.2 Å². The molecule has 0 bridgehead atoms. The van der Waals surface area contributed by atoms with Gasteiger partial charge in [0.1, 0.15) is 12.4 Å². The van der Waals surface area contributed by atoms with Crippen LogP contribution in [0.1, 0.15) is 18.1 Å². The molecular formula is C12H19NO. The van der Waals surface area contributed by atoms with Gasteiger partial charge in [-0.2, -0.15) is 0 Å². The molecule has 0 radical (unpaired) electrons. The highest BCUT2D eigenvalue weighted by atomic mass is 16.5. The molecule has 0 saturated heterocycles. The number of likely N-dealkylation sites (N-methyl/N-ethyl adjacent to an activating group) is 1. The molecule has 0 heterocycles. The molecule has 0 aliphatic heterocycles. The van der Waals surface area contributed by atoms with E-state index in [1.807, 2.05) is 12.1 Å². The molecule has 78 valence electrons. The van der Waals surface area contributed by atoms with E-state index in [0.29, 0.717) is 0 Å². The van der Waals surface area contributed by atoms with Crippen LogP contribution in [0.25, 0.3) is 0 Å². The zero-order valence-electron chi connectivity index (χ0n) is 9.26. The maximum Gasteiger partial charge on any atom is 0.122 e. The summed E-state index contributed by atoms with van der Waals surface area (Å²) >= 11 is 0. The van der Waals surface area contributed by atoms with E-state index in [1.165, 1.54) is 11.1 Å². The third-order valence-electron chi connectivity index (χ3n) is 2.34. The lowest BCUT2D eigenvalue weighted by Gasteiger charge is -2.10. The lowest BCUT2D eigenvalue weighted by molar-refractivity contribution is 0.313. The predicted molar refractivity (Wildman–Crippen MR) is 60.0 cm³/mol. The van der Waals surface area contributed by atoms with Gasteiger partial charge in [0.2, 0.25) is 0 Å². The summed E-state index contributed by atoms with van der Waals surface area (Å²) < 4.78 is 5.66. The number of aryl methyl sites for hydroxylation is 1. The van der Waals surface area contributed by atoms with Crippen molar-refractivity contribution in [3.05, 3.63) is 29.3 Å². The van der Waals surface area contributed by atoms with Gasteiger partial charge in [-0.25, -0.2) is 0 Å². The maximum absolute atomic E-state index is 5.66. The molecule has 2 heteroatoms. The molecule has 0 amide bonds. The molecule has 0 fully saturated rings. The van der Waals surface area contributed by atoms with Crippen molar-refractivity contribution in [3.63, 3.8) is 0 Å². The average molecular weight is 193 g/mol. The molecule has 0 aliphatic carbocycles. The first-order chi connectivity index (χ1) is 6.75. The minimum absolute atomic E-state index is 0.734. The summed E-state index contributed by atoms with van der Waals surface area (Å²) in [6.45, 7) is 8.93. The van der Waals surface area contributed by atoms with Crippen LogP contribution in [0, 0.1) is 13.8 Å². The van der Waals surface area contributed by atoms with E-state index in [9.17, 15) is 0 Å². The van der Waals surface area contributed by atoms with Crippen LogP contribution < -0.4 is 10.1 Å². The van der Waals surface area contributed by atoms with Crippen molar-refractivity contribution < 1.29 is 4.74 Å². The SMILES string of the molecule is CCNCCOc1cccc(C)c1C. The molecule has 1 N–H and O–H groups in total. The quantitative estimate of drug-likeness (QED) is 0.724. The highest BCUT2D eigenvalue weighted by molar-refractivity contribution is 5.38. The largest absolute Gasteiger partial charge is 0.492 e. The van der Waals surface area contributed by atoms with Crippen LogP contribution in [-0.2, 0) is 0 Å². The zero-order chi connectivity index (χ0) is 10.4. The fourth-order valence-corrected chi connectivity index (χ4v) is 1.29. The van der Waals surface area contributed by atoms with E-state index in [-0.39, 0.29) is 0 Å². The van der Waals surface area contributed by atoms with Crippen molar-refractivity contribution in [3.8, 4) is 5.75 Å². The van der Waals surface area contributed by atoms with Gasteiger partial charge < -0.3 is 10.1 Å². The third kappa shape index (κ3) is 3.04. The average Bonchev–Trinajstić information content (AvgIpc) is 2.19. The zero-order valence-corrected chi connectivity index (χ0v) is 9.26. The number of rotatable bonds is 5. The first-order valence-electron chi connectivity index (χ1n) is 5.15. The lowest BCUT2D eigenvalue weighted by Crippen LogP contribution is -2.20. The summed E-state index contributed by atoms with van der Waals surface area (Å²) in [5.74, 6) is 1.00. The van der Waals surface area contributed by atoms with E-state index in [4.69, 9.17) is 4.74 Å². The third-order valence-corrected chi connectivity index (χ3v) is 2.34. The fourth-order valence-electron chi connectivity index (χ4n) is 1.29. The summed E-state index contributed by atoms with van der Waals surface area (Å²) in [5, 5.41) is 3.23. The highest BCUT2D eigenvalue weighted by Crippen LogP contribution is 2.20. The van der Waals surface area contributed by atoms with Crippen molar-refractivity contribution in [1.82, 2.24) is 5.32 Å². The lowest BCUT2D eigenvalue weighted by atomic mass is 10.1. The molecule has 1 aromatic carbocycles. The van der Waals surface area contributed by atoms with E-state index in [0.717, 1.165) is 25.4 Å². The second-order valence-corrected chi connectivity index (χ2v) is 3.40. The maximum atomic E-state index is 5.66.